The minimum atomic E-state index is -0.223. The fraction of sp³-hybridized carbons (Fsp3) is 0.500. The lowest BCUT2D eigenvalue weighted by Crippen LogP contribution is -2.23. The van der Waals surface area contributed by atoms with E-state index in [1.165, 1.54) is 0 Å². The normalized spacial score (nSPS) is 11.6. The predicted molar refractivity (Wildman–Crippen MR) is 65.5 cm³/mol. The Balaban J connectivity index is 3.28. The van der Waals surface area contributed by atoms with Gasteiger partial charge < -0.3 is 9.84 Å². The second-order valence-corrected chi connectivity index (χ2v) is 5.20. The van der Waals surface area contributed by atoms with Crippen LogP contribution in [0.4, 0.5) is 0 Å². The van der Waals surface area contributed by atoms with Crippen molar-refractivity contribution in [1.82, 2.24) is 0 Å². The smallest absolute Gasteiger partial charge is 0.133 e. The minimum Gasteiger partial charge on any atom is -0.496 e. The van der Waals surface area contributed by atoms with Crippen LogP contribution < -0.4 is 4.74 Å². The highest BCUT2D eigenvalue weighted by Gasteiger charge is 2.22. The van der Waals surface area contributed by atoms with Gasteiger partial charge in [-0.1, -0.05) is 13.8 Å². The van der Waals surface area contributed by atoms with E-state index < -0.39 is 0 Å². The van der Waals surface area contributed by atoms with Gasteiger partial charge in [0.25, 0.3) is 0 Å². The van der Waals surface area contributed by atoms with Gasteiger partial charge in [0, 0.05) is 5.41 Å². The molecule has 15 heavy (non-hydrogen) atoms. The van der Waals surface area contributed by atoms with Crippen molar-refractivity contribution in [3.8, 4) is 5.75 Å². The quantitative estimate of drug-likeness (QED) is 0.917. The van der Waals surface area contributed by atoms with Crippen LogP contribution in [0.25, 0.3) is 0 Å². The van der Waals surface area contributed by atoms with Crippen LogP contribution in [0.5, 0.6) is 5.75 Å². The molecule has 3 heteroatoms. The van der Waals surface area contributed by atoms with Crippen molar-refractivity contribution in [2.75, 3.05) is 13.7 Å². The van der Waals surface area contributed by atoms with Crippen LogP contribution in [0.2, 0.25) is 0 Å². The van der Waals surface area contributed by atoms with E-state index in [1.807, 2.05) is 32.9 Å². The highest BCUT2D eigenvalue weighted by Crippen LogP contribution is 2.34. The first-order valence-electron chi connectivity index (χ1n) is 4.88. The number of aryl methyl sites for hydroxylation is 1. The number of halogens is 1. The summed E-state index contributed by atoms with van der Waals surface area (Å²) in [6.45, 7) is 6.21. The first-order valence-corrected chi connectivity index (χ1v) is 5.67. The third kappa shape index (κ3) is 2.52. The van der Waals surface area contributed by atoms with Gasteiger partial charge in [-0.15, -0.1) is 0 Å². The van der Waals surface area contributed by atoms with Crippen molar-refractivity contribution in [3.05, 3.63) is 27.7 Å². The van der Waals surface area contributed by atoms with Gasteiger partial charge in [-0.05, 0) is 46.1 Å². The summed E-state index contributed by atoms with van der Waals surface area (Å²) >= 11 is 3.46. The number of methoxy groups -OCH3 is 1. The molecule has 84 valence electrons. The molecule has 0 aliphatic rings. The summed E-state index contributed by atoms with van der Waals surface area (Å²) < 4.78 is 6.14. The number of aliphatic hydroxyl groups excluding tert-OH is 1. The number of benzene rings is 1. The summed E-state index contributed by atoms with van der Waals surface area (Å²) in [5.41, 5.74) is 2.05. The van der Waals surface area contributed by atoms with Crippen LogP contribution in [0.1, 0.15) is 25.0 Å². The predicted octanol–water partition coefficient (Wildman–Crippen LogP) is 3.04. The van der Waals surface area contributed by atoms with Gasteiger partial charge in [0.1, 0.15) is 5.75 Å². The molecular weight excluding hydrogens is 256 g/mol. The van der Waals surface area contributed by atoms with Gasteiger partial charge >= 0.3 is 0 Å². The van der Waals surface area contributed by atoms with Crippen molar-refractivity contribution in [1.29, 1.82) is 0 Å². The summed E-state index contributed by atoms with van der Waals surface area (Å²) in [6, 6.07) is 4.00. The molecule has 1 rings (SSSR count). The van der Waals surface area contributed by atoms with E-state index in [2.05, 4.69) is 15.9 Å². The van der Waals surface area contributed by atoms with Crippen LogP contribution in [0.15, 0.2) is 16.6 Å². The highest BCUT2D eigenvalue weighted by atomic mass is 79.9. The Bertz CT molecular complexity index is 359. The van der Waals surface area contributed by atoms with Crippen LogP contribution in [0, 0.1) is 6.92 Å². The molecule has 0 unspecified atom stereocenters. The zero-order valence-corrected chi connectivity index (χ0v) is 11.2. The van der Waals surface area contributed by atoms with E-state index in [0.29, 0.717) is 0 Å². The zero-order valence-electron chi connectivity index (χ0n) is 9.60. The van der Waals surface area contributed by atoms with E-state index in [4.69, 9.17) is 4.74 Å². The Hall–Kier alpha value is -0.540. The van der Waals surface area contributed by atoms with Crippen molar-refractivity contribution >= 4 is 15.9 Å². The molecule has 0 fully saturated rings. The Morgan fingerprint density at radius 2 is 2.00 bits per heavy atom. The van der Waals surface area contributed by atoms with Crippen LogP contribution >= 0.6 is 15.9 Å². The van der Waals surface area contributed by atoms with Crippen molar-refractivity contribution in [2.24, 2.45) is 0 Å². The third-order valence-corrected chi connectivity index (χ3v) is 3.24. The summed E-state index contributed by atoms with van der Waals surface area (Å²) in [6.07, 6.45) is 0. The van der Waals surface area contributed by atoms with E-state index in [-0.39, 0.29) is 12.0 Å². The average molecular weight is 273 g/mol. The number of aliphatic hydroxyl groups is 1. The molecule has 0 saturated carbocycles. The first-order chi connectivity index (χ1) is 6.92. The molecule has 0 aromatic heterocycles. The van der Waals surface area contributed by atoms with E-state index in [0.717, 1.165) is 21.3 Å². The molecule has 0 heterocycles. The van der Waals surface area contributed by atoms with E-state index >= 15 is 0 Å². The van der Waals surface area contributed by atoms with Gasteiger partial charge in [-0.3, -0.25) is 0 Å². The lowest BCUT2D eigenvalue weighted by atomic mass is 9.83. The molecule has 0 atom stereocenters. The molecular formula is C12H17BrO2. The first kappa shape index (κ1) is 12.5. The van der Waals surface area contributed by atoms with Gasteiger partial charge in [-0.2, -0.15) is 0 Å². The molecule has 0 aliphatic heterocycles. The van der Waals surface area contributed by atoms with Crippen LogP contribution in [0.3, 0.4) is 0 Å². The Morgan fingerprint density at radius 3 is 2.47 bits per heavy atom. The maximum Gasteiger partial charge on any atom is 0.133 e. The fourth-order valence-electron chi connectivity index (χ4n) is 1.63. The average Bonchev–Trinajstić information content (AvgIpc) is 2.20. The lowest BCUT2D eigenvalue weighted by Gasteiger charge is -2.25. The van der Waals surface area contributed by atoms with Gasteiger partial charge in [0.2, 0.25) is 0 Å². The maximum atomic E-state index is 9.34. The van der Waals surface area contributed by atoms with E-state index in [9.17, 15) is 5.11 Å². The molecule has 1 N–H and O–H groups in total. The van der Waals surface area contributed by atoms with Crippen LogP contribution in [-0.2, 0) is 5.41 Å². The lowest BCUT2D eigenvalue weighted by molar-refractivity contribution is 0.218. The number of rotatable bonds is 3. The molecule has 1 aromatic carbocycles. The summed E-state index contributed by atoms with van der Waals surface area (Å²) in [7, 11) is 1.65. The number of ether oxygens (including phenoxy) is 1. The van der Waals surface area contributed by atoms with Gasteiger partial charge in [-0.25, -0.2) is 0 Å². The SMILES string of the molecule is COc1cc(C)c(C(C)(C)CO)cc1Br. The molecule has 0 aliphatic carbocycles. The second kappa shape index (κ2) is 4.54. The molecule has 0 spiro atoms. The molecule has 1 aromatic rings. The van der Waals surface area contributed by atoms with Crippen LogP contribution in [-0.4, -0.2) is 18.8 Å². The minimum absolute atomic E-state index is 0.132. The summed E-state index contributed by atoms with van der Waals surface area (Å²) in [4.78, 5) is 0. The Labute approximate surface area is 99.4 Å². The second-order valence-electron chi connectivity index (χ2n) is 4.34. The molecule has 0 radical (unpaired) electrons. The van der Waals surface area contributed by atoms with Crippen molar-refractivity contribution in [3.63, 3.8) is 0 Å². The monoisotopic (exact) mass is 272 g/mol. The largest absolute Gasteiger partial charge is 0.496 e. The zero-order chi connectivity index (χ0) is 11.6. The topological polar surface area (TPSA) is 29.5 Å². The molecule has 0 amide bonds. The summed E-state index contributed by atoms with van der Waals surface area (Å²) in [5.74, 6) is 0.824. The molecule has 0 saturated heterocycles. The van der Waals surface area contributed by atoms with E-state index in [1.54, 1.807) is 7.11 Å². The molecule has 2 nitrogen and oxygen atoms in total. The maximum absolute atomic E-state index is 9.34. The Morgan fingerprint density at radius 1 is 1.40 bits per heavy atom. The van der Waals surface area contributed by atoms with Crippen molar-refractivity contribution in [2.45, 2.75) is 26.2 Å². The highest BCUT2D eigenvalue weighted by molar-refractivity contribution is 9.10. The van der Waals surface area contributed by atoms with Gasteiger partial charge in [0.15, 0.2) is 0 Å². The number of hydrogen-bond acceptors (Lipinski definition) is 2. The van der Waals surface area contributed by atoms with Crippen molar-refractivity contribution < 1.29 is 9.84 Å². The molecule has 0 bridgehead atoms. The standard InChI is InChI=1S/C12H17BrO2/c1-8-5-11(15-4)10(13)6-9(8)12(2,3)7-14/h5-6,14H,7H2,1-4H3. The Kier molecular flexibility index (Phi) is 3.79. The summed E-state index contributed by atoms with van der Waals surface area (Å²) in [5, 5.41) is 9.34. The fourth-order valence-corrected chi connectivity index (χ4v) is 2.13. The third-order valence-electron chi connectivity index (χ3n) is 2.62. The van der Waals surface area contributed by atoms with Gasteiger partial charge in [0.05, 0.1) is 18.2 Å². The number of hydrogen-bond donors (Lipinski definition) is 1.